The number of amides is 1. The van der Waals surface area contributed by atoms with Crippen molar-refractivity contribution in [3.8, 4) is 11.5 Å². The quantitative estimate of drug-likeness (QED) is 0.667. The highest BCUT2D eigenvalue weighted by Crippen LogP contribution is 2.27. The van der Waals surface area contributed by atoms with Crippen LogP contribution in [0.1, 0.15) is 16.7 Å². The van der Waals surface area contributed by atoms with Crippen LogP contribution in [-0.2, 0) is 24.3 Å². The molecular formula is C21H23N3O3. The van der Waals surface area contributed by atoms with E-state index in [0.29, 0.717) is 18.0 Å². The van der Waals surface area contributed by atoms with Gasteiger partial charge in [-0.2, -0.15) is 0 Å². The van der Waals surface area contributed by atoms with Gasteiger partial charge in [-0.05, 0) is 28.8 Å². The number of aromatic nitrogens is 2. The van der Waals surface area contributed by atoms with Gasteiger partial charge in [0, 0.05) is 25.5 Å². The predicted molar refractivity (Wildman–Crippen MR) is 103 cm³/mol. The Morgan fingerprint density at radius 1 is 1.07 bits per heavy atom. The summed E-state index contributed by atoms with van der Waals surface area (Å²) in [5, 5.41) is 3.00. The molecule has 1 aromatic heterocycles. The fourth-order valence-electron chi connectivity index (χ4n) is 2.89. The van der Waals surface area contributed by atoms with Crippen LogP contribution < -0.4 is 14.8 Å². The second kappa shape index (κ2) is 8.89. The minimum atomic E-state index is -0.0420. The molecule has 140 valence electrons. The van der Waals surface area contributed by atoms with E-state index in [1.807, 2.05) is 47.2 Å². The molecule has 0 aliphatic carbocycles. The number of carbonyl (C=O) groups excluding carboxylic acids is 1. The normalized spacial score (nSPS) is 10.4. The number of benzene rings is 2. The molecule has 6 heteroatoms. The van der Waals surface area contributed by atoms with Crippen LogP contribution >= 0.6 is 0 Å². The first kappa shape index (κ1) is 18.5. The first-order chi connectivity index (χ1) is 13.2. The molecule has 1 amide bonds. The molecule has 2 aromatic carbocycles. The molecule has 0 aliphatic heterocycles. The van der Waals surface area contributed by atoms with Gasteiger partial charge in [-0.15, -0.1) is 0 Å². The van der Waals surface area contributed by atoms with Gasteiger partial charge < -0.3 is 19.4 Å². The van der Waals surface area contributed by atoms with Crippen molar-refractivity contribution in [2.75, 3.05) is 14.2 Å². The van der Waals surface area contributed by atoms with E-state index in [4.69, 9.17) is 9.47 Å². The van der Waals surface area contributed by atoms with Gasteiger partial charge in [-0.3, -0.25) is 4.79 Å². The van der Waals surface area contributed by atoms with E-state index in [1.165, 1.54) is 0 Å². The zero-order valence-corrected chi connectivity index (χ0v) is 15.5. The summed E-state index contributed by atoms with van der Waals surface area (Å²) in [7, 11) is 3.17. The van der Waals surface area contributed by atoms with E-state index >= 15 is 0 Å². The lowest BCUT2D eigenvalue weighted by Crippen LogP contribution is -2.25. The summed E-state index contributed by atoms with van der Waals surface area (Å²) in [5.41, 5.74) is 3.12. The lowest BCUT2D eigenvalue weighted by atomic mass is 10.1. The van der Waals surface area contributed by atoms with Gasteiger partial charge >= 0.3 is 0 Å². The number of hydrogen-bond donors (Lipinski definition) is 1. The van der Waals surface area contributed by atoms with E-state index < -0.39 is 0 Å². The number of carbonyl (C=O) groups is 1. The Kier molecular flexibility index (Phi) is 6.10. The number of hydrogen-bond acceptors (Lipinski definition) is 4. The number of ether oxygens (including phenoxy) is 2. The molecule has 27 heavy (non-hydrogen) atoms. The van der Waals surface area contributed by atoms with Crippen LogP contribution in [0.15, 0.2) is 61.2 Å². The van der Waals surface area contributed by atoms with Crippen molar-refractivity contribution >= 4 is 5.91 Å². The SMILES string of the molecule is COc1ccc(CC(=O)NCc2ccccc2Cn2ccnc2)cc1OC. The summed E-state index contributed by atoms with van der Waals surface area (Å²) in [6.07, 6.45) is 5.75. The highest BCUT2D eigenvalue weighted by molar-refractivity contribution is 5.78. The summed E-state index contributed by atoms with van der Waals surface area (Å²) in [6.45, 7) is 1.21. The number of rotatable bonds is 8. The second-order valence-electron chi connectivity index (χ2n) is 6.15. The van der Waals surface area contributed by atoms with Crippen LogP contribution in [0.5, 0.6) is 11.5 Å². The largest absolute Gasteiger partial charge is 0.493 e. The fourth-order valence-corrected chi connectivity index (χ4v) is 2.89. The van der Waals surface area contributed by atoms with E-state index in [-0.39, 0.29) is 12.3 Å². The maximum Gasteiger partial charge on any atom is 0.224 e. The van der Waals surface area contributed by atoms with Gasteiger partial charge in [-0.1, -0.05) is 30.3 Å². The van der Waals surface area contributed by atoms with Gasteiger partial charge in [0.1, 0.15) is 0 Å². The van der Waals surface area contributed by atoms with Crippen LogP contribution in [0.4, 0.5) is 0 Å². The Morgan fingerprint density at radius 2 is 1.85 bits per heavy atom. The lowest BCUT2D eigenvalue weighted by Gasteiger charge is -2.12. The van der Waals surface area contributed by atoms with E-state index in [1.54, 1.807) is 26.7 Å². The van der Waals surface area contributed by atoms with Crippen LogP contribution in [0, 0.1) is 0 Å². The van der Waals surface area contributed by atoms with Gasteiger partial charge in [0.25, 0.3) is 0 Å². The lowest BCUT2D eigenvalue weighted by molar-refractivity contribution is -0.120. The molecule has 0 unspecified atom stereocenters. The number of methoxy groups -OCH3 is 2. The molecule has 0 radical (unpaired) electrons. The molecule has 6 nitrogen and oxygen atoms in total. The third kappa shape index (κ3) is 4.88. The average Bonchev–Trinajstić information content (AvgIpc) is 3.20. The number of nitrogens with one attached hydrogen (secondary N) is 1. The highest BCUT2D eigenvalue weighted by atomic mass is 16.5. The van der Waals surface area contributed by atoms with Gasteiger partial charge in [-0.25, -0.2) is 4.98 Å². The molecule has 0 fully saturated rings. The third-order valence-corrected chi connectivity index (χ3v) is 4.32. The van der Waals surface area contributed by atoms with Crippen molar-refractivity contribution in [3.05, 3.63) is 77.9 Å². The summed E-state index contributed by atoms with van der Waals surface area (Å²) in [5.74, 6) is 1.23. The van der Waals surface area contributed by atoms with Gasteiger partial charge in [0.2, 0.25) is 5.91 Å². The minimum absolute atomic E-state index is 0.0420. The molecule has 3 rings (SSSR count). The standard InChI is InChI=1S/C21H23N3O3/c1-26-19-8-7-16(11-20(19)27-2)12-21(25)23-13-17-5-3-4-6-18(17)14-24-10-9-22-15-24/h3-11,15H,12-14H2,1-2H3,(H,23,25). The molecule has 3 aromatic rings. The Morgan fingerprint density at radius 3 is 2.56 bits per heavy atom. The molecular weight excluding hydrogens is 342 g/mol. The van der Waals surface area contributed by atoms with Crippen molar-refractivity contribution in [3.63, 3.8) is 0 Å². The van der Waals surface area contributed by atoms with E-state index in [0.717, 1.165) is 23.2 Å². The molecule has 0 saturated carbocycles. The molecule has 0 aliphatic rings. The number of imidazole rings is 1. The Balaban J connectivity index is 1.61. The zero-order chi connectivity index (χ0) is 19.1. The van der Waals surface area contributed by atoms with Crippen LogP contribution in [0.25, 0.3) is 0 Å². The maximum atomic E-state index is 12.4. The monoisotopic (exact) mass is 365 g/mol. The van der Waals surface area contributed by atoms with Crippen molar-refractivity contribution in [2.45, 2.75) is 19.5 Å². The Labute approximate surface area is 158 Å². The fraction of sp³-hybridized carbons (Fsp3) is 0.238. The molecule has 1 heterocycles. The Hall–Kier alpha value is -3.28. The van der Waals surface area contributed by atoms with Gasteiger partial charge in [0.15, 0.2) is 11.5 Å². The minimum Gasteiger partial charge on any atom is -0.493 e. The first-order valence-corrected chi connectivity index (χ1v) is 8.69. The first-order valence-electron chi connectivity index (χ1n) is 8.69. The van der Waals surface area contributed by atoms with Crippen molar-refractivity contribution in [2.24, 2.45) is 0 Å². The summed E-state index contributed by atoms with van der Waals surface area (Å²) >= 11 is 0. The maximum absolute atomic E-state index is 12.4. The molecule has 1 N–H and O–H groups in total. The Bertz CT molecular complexity index is 891. The van der Waals surface area contributed by atoms with E-state index in [9.17, 15) is 4.79 Å². The number of nitrogens with zero attached hydrogens (tertiary/aromatic N) is 2. The second-order valence-corrected chi connectivity index (χ2v) is 6.15. The highest BCUT2D eigenvalue weighted by Gasteiger charge is 2.09. The van der Waals surface area contributed by atoms with Crippen LogP contribution in [0.3, 0.4) is 0 Å². The summed E-state index contributed by atoms with van der Waals surface area (Å²) in [4.78, 5) is 16.4. The van der Waals surface area contributed by atoms with Crippen molar-refractivity contribution in [1.82, 2.24) is 14.9 Å². The smallest absolute Gasteiger partial charge is 0.224 e. The van der Waals surface area contributed by atoms with Crippen LogP contribution in [0.2, 0.25) is 0 Å². The molecule has 0 bridgehead atoms. The topological polar surface area (TPSA) is 65.4 Å². The van der Waals surface area contributed by atoms with Gasteiger partial charge in [0.05, 0.1) is 27.0 Å². The molecule has 0 saturated heterocycles. The zero-order valence-electron chi connectivity index (χ0n) is 15.5. The molecule has 0 atom stereocenters. The van der Waals surface area contributed by atoms with Crippen molar-refractivity contribution < 1.29 is 14.3 Å². The molecule has 0 spiro atoms. The average molecular weight is 365 g/mol. The van der Waals surface area contributed by atoms with Crippen LogP contribution in [-0.4, -0.2) is 29.7 Å². The van der Waals surface area contributed by atoms with E-state index in [2.05, 4.69) is 16.4 Å². The summed E-state index contributed by atoms with van der Waals surface area (Å²) < 4.78 is 12.5. The predicted octanol–water partition coefficient (Wildman–Crippen LogP) is 2.81. The third-order valence-electron chi connectivity index (χ3n) is 4.32. The summed E-state index contributed by atoms with van der Waals surface area (Å²) in [6, 6.07) is 13.6. The van der Waals surface area contributed by atoms with Crippen molar-refractivity contribution in [1.29, 1.82) is 0 Å².